The molecular weight excluding hydrogens is 443 g/mol. The monoisotopic (exact) mass is 472 g/mol. The Morgan fingerprint density at radius 1 is 1.29 bits per heavy atom. The third-order valence-corrected chi connectivity index (χ3v) is 6.33. The molecule has 2 N–H and O–H groups in total. The van der Waals surface area contributed by atoms with Crippen molar-refractivity contribution in [2.24, 2.45) is 0 Å². The van der Waals surface area contributed by atoms with Gasteiger partial charge >= 0.3 is 0 Å². The van der Waals surface area contributed by atoms with E-state index in [4.69, 9.17) is 4.74 Å². The molecule has 0 spiro atoms. The van der Waals surface area contributed by atoms with Crippen LogP contribution in [0.3, 0.4) is 0 Å². The van der Waals surface area contributed by atoms with Gasteiger partial charge in [0, 0.05) is 31.0 Å². The first-order valence-corrected chi connectivity index (χ1v) is 11.4. The number of fused-ring (bicyclic) bond motifs is 1. The van der Waals surface area contributed by atoms with E-state index in [9.17, 15) is 23.9 Å². The Morgan fingerprint density at radius 3 is 2.68 bits per heavy atom. The minimum absolute atomic E-state index is 0.0857. The van der Waals surface area contributed by atoms with Gasteiger partial charge < -0.3 is 20.1 Å². The summed E-state index contributed by atoms with van der Waals surface area (Å²) in [6, 6.07) is 5.78. The average Bonchev–Trinajstić information content (AvgIpc) is 3.30. The molecular formula is C24H29FN4O5. The van der Waals surface area contributed by atoms with E-state index >= 15 is 0 Å². The van der Waals surface area contributed by atoms with E-state index in [1.165, 1.54) is 29.1 Å². The number of aromatic nitrogens is 1. The van der Waals surface area contributed by atoms with E-state index < -0.39 is 35.0 Å². The number of hydrogen-bond acceptors (Lipinski definition) is 6. The molecule has 1 aromatic carbocycles. The van der Waals surface area contributed by atoms with Crippen molar-refractivity contribution in [3.8, 4) is 5.75 Å². The van der Waals surface area contributed by atoms with Gasteiger partial charge in [-0.3, -0.25) is 24.1 Å². The van der Waals surface area contributed by atoms with Gasteiger partial charge in [-0.25, -0.2) is 4.39 Å². The molecule has 0 bridgehead atoms. The lowest BCUT2D eigenvalue weighted by atomic mass is 10.1. The Kier molecular flexibility index (Phi) is 6.60. The number of pyridine rings is 1. The fourth-order valence-corrected chi connectivity index (χ4v) is 4.58. The third-order valence-electron chi connectivity index (χ3n) is 6.33. The van der Waals surface area contributed by atoms with E-state index in [1.807, 2.05) is 25.8 Å². The number of aromatic hydroxyl groups is 1. The highest BCUT2D eigenvalue weighted by Crippen LogP contribution is 2.27. The van der Waals surface area contributed by atoms with Gasteiger partial charge in [-0.05, 0) is 39.7 Å². The maximum Gasteiger partial charge on any atom is 0.278 e. The molecule has 2 aliphatic rings. The number of hydrogen-bond donors (Lipinski definition) is 2. The predicted octanol–water partition coefficient (Wildman–Crippen LogP) is 1.95. The Labute approximate surface area is 196 Å². The van der Waals surface area contributed by atoms with Gasteiger partial charge in [0.15, 0.2) is 11.4 Å². The van der Waals surface area contributed by atoms with Crippen LogP contribution in [-0.2, 0) is 11.3 Å². The van der Waals surface area contributed by atoms with Crippen molar-refractivity contribution < 1.29 is 23.8 Å². The molecule has 2 atom stereocenters. The maximum atomic E-state index is 13.9. The van der Waals surface area contributed by atoms with E-state index in [0.717, 1.165) is 12.8 Å². The topological polar surface area (TPSA) is 104 Å². The van der Waals surface area contributed by atoms with Gasteiger partial charge in [0.25, 0.3) is 11.8 Å². The number of amides is 2. The van der Waals surface area contributed by atoms with Crippen LogP contribution in [0, 0.1) is 5.82 Å². The summed E-state index contributed by atoms with van der Waals surface area (Å²) in [7, 11) is 0. The van der Waals surface area contributed by atoms with E-state index in [-0.39, 0.29) is 35.5 Å². The van der Waals surface area contributed by atoms with Crippen LogP contribution in [0.25, 0.3) is 0 Å². The lowest BCUT2D eigenvalue weighted by Crippen LogP contribution is -2.63. The molecule has 0 saturated carbocycles. The highest BCUT2D eigenvalue weighted by atomic mass is 19.1. The number of rotatable bonds is 6. The molecule has 1 aromatic heterocycles. The summed E-state index contributed by atoms with van der Waals surface area (Å²) in [6.45, 7) is 6.48. The Morgan fingerprint density at radius 2 is 2.03 bits per heavy atom. The zero-order chi connectivity index (χ0) is 24.6. The molecule has 182 valence electrons. The second-order valence-corrected chi connectivity index (χ2v) is 8.88. The lowest BCUT2D eigenvalue weighted by Gasteiger charge is -2.47. The first-order valence-electron chi connectivity index (χ1n) is 11.4. The smallest absolute Gasteiger partial charge is 0.278 e. The van der Waals surface area contributed by atoms with E-state index in [2.05, 4.69) is 5.32 Å². The van der Waals surface area contributed by atoms with E-state index in [0.29, 0.717) is 13.2 Å². The zero-order valence-electron chi connectivity index (χ0n) is 19.5. The Bertz CT molecular complexity index is 1160. The number of ether oxygens (including phenoxy) is 1. The van der Waals surface area contributed by atoms with Crippen LogP contribution in [0.2, 0.25) is 0 Å². The number of benzene rings is 1. The molecule has 10 heteroatoms. The first kappa shape index (κ1) is 23.7. The summed E-state index contributed by atoms with van der Waals surface area (Å²) in [5, 5.41) is 15.1. The molecule has 2 amide bonds. The fraction of sp³-hybridized carbons (Fsp3) is 0.458. The molecule has 1 fully saturated rings. The fourth-order valence-electron chi connectivity index (χ4n) is 4.58. The van der Waals surface area contributed by atoms with Crippen molar-refractivity contribution in [2.45, 2.75) is 58.5 Å². The van der Waals surface area contributed by atoms with Gasteiger partial charge in [0.1, 0.15) is 17.5 Å². The standard InChI is InChI=1S/C24H29FN4O5/c1-14(2)29-15(3)27(12-17-8-6-10-34-17)28-13-18(21(30)22(31)20(28)24(29)33)23(32)26-11-16-7-4-5-9-19(16)25/h4-5,7,9,13-15,17,31H,6,8,10-12H2,1-3H3,(H,26,32)/t15-,17+/m1/s1. The van der Waals surface area contributed by atoms with Crippen molar-refractivity contribution in [3.63, 3.8) is 0 Å². The van der Waals surface area contributed by atoms with Crippen molar-refractivity contribution in [1.82, 2.24) is 14.9 Å². The summed E-state index contributed by atoms with van der Waals surface area (Å²) < 4.78 is 21.1. The van der Waals surface area contributed by atoms with Crippen LogP contribution in [0.15, 0.2) is 35.3 Å². The van der Waals surface area contributed by atoms with Crippen molar-refractivity contribution in [2.75, 3.05) is 18.2 Å². The van der Waals surface area contributed by atoms with Crippen LogP contribution in [0.4, 0.5) is 4.39 Å². The molecule has 4 rings (SSSR count). The van der Waals surface area contributed by atoms with Gasteiger partial charge in [0.05, 0.1) is 12.6 Å². The second-order valence-electron chi connectivity index (χ2n) is 8.88. The molecule has 1 saturated heterocycles. The minimum Gasteiger partial charge on any atom is -0.502 e. The van der Waals surface area contributed by atoms with Gasteiger partial charge in [0.2, 0.25) is 5.43 Å². The van der Waals surface area contributed by atoms with Crippen LogP contribution in [0.1, 0.15) is 60.0 Å². The first-order chi connectivity index (χ1) is 16.2. The quantitative estimate of drug-likeness (QED) is 0.666. The number of carbonyl (C=O) groups is 2. The van der Waals surface area contributed by atoms with Crippen LogP contribution in [0.5, 0.6) is 5.75 Å². The van der Waals surface area contributed by atoms with Crippen molar-refractivity contribution >= 4 is 11.8 Å². The molecule has 2 aromatic rings. The molecule has 0 aliphatic carbocycles. The zero-order valence-corrected chi connectivity index (χ0v) is 19.5. The number of nitrogens with zero attached hydrogens (tertiary/aromatic N) is 3. The third kappa shape index (κ3) is 4.25. The maximum absolute atomic E-state index is 13.9. The number of carbonyl (C=O) groups excluding carboxylic acids is 2. The van der Waals surface area contributed by atoms with Gasteiger partial charge in [-0.1, -0.05) is 18.2 Å². The molecule has 3 heterocycles. The second kappa shape index (κ2) is 9.46. The lowest BCUT2D eigenvalue weighted by molar-refractivity contribution is 0.0449. The largest absolute Gasteiger partial charge is 0.502 e. The van der Waals surface area contributed by atoms with E-state index in [1.54, 1.807) is 11.0 Å². The average molecular weight is 473 g/mol. The molecule has 9 nitrogen and oxygen atoms in total. The molecule has 34 heavy (non-hydrogen) atoms. The van der Waals surface area contributed by atoms with Gasteiger partial charge in [-0.2, -0.15) is 0 Å². The SMILES string of the molecule is CC(C)N1C(=O)c2c(O)c(=O)c(C(=O)NCc3ccccc3F)cn2N(C[C@@H]2CCCO2)[C@H]1C. The Hall–Kier alpha value is -3.40. The van der Waals surface area contributed by atoms with Crippen molar-refractivity contribution in [1.29, 1.82) is 0 Å². The Balaban J connectivity index is 1.73. The van der Waals surface area contributed by atoms with Gasteiger partial charge in [-0.15, -0.1) is 0 Å². The summed E-state index contributed by atoms with van der Waals surface area (Å²) in [5.41, 5.74) is -1.23. The molecule has 0 unspecified atom stereocenters. The van der Waals surface area contributed by atoms with Crippen molar-refractivity contribution in [3.05, 3.63) is 63.3 Å². The summed E-state index contributed by atoms with van der Waals surface area (Å²) >= 11 is 0. The summed E-state index contributed by atoms with van der Waals surface area (Å²) in [6.07, 6.45) is 2.54. The normalized spacial score (nSPS) is 20.1. The highest BCUT2D eigenvalue weighted by Gasteiger charge is 2.40. The summed E-state index contributed by atoms with van der Waals surface area (Å²) in [5.74, 6) is -2.55. The molecule has 0 radical (unpaired) electrons. The van der Waals surface area contributed by atoms with Crippen LogP contribution < -0.4 is 15.8 Å². The molecule has 2 aliphatic heterocycles. The number of halogens is 1. The highest BCUT2D eigenvalue weighted by molar-refractivity contribution is 5.99. The van der Waals surface area contributed by atoms with Crippen LogP contribution >= 0.6 is 0 Å². The summed E-state index contributed by atoms with van der Waals surface area (Å²) in [4.78, 5) is 40.6. The van der Waals surface area contributed by atoms with Crippen LogP contribution in [-0.4, -0.2) is 58.0 Å². The minimum atomic E-state index is -0.957. The predicted molar refractivity (Wildman–Crippen MR) is 123 cm³/mol. The number of nitrogens with one attached hydrogen (secondary N) is 1.